The van der Waals surface area contributed by atoms with Gasteiger partial charge in [0.05, 0.1) is 11.6 Å². The van der Waals surface area contributed by atoms with Gasteiger partial charge in [-0.2, -0.15) is 0 Å². The van der Waals surface area contributed by atoms with Crippen LogP contribution in [0.15, 0.2) is 33.5 Å². The molecule has 0 spiro atoms. The highest BCUT2D eigenvalue weighted by atomic mass is 16.4. The number of fused-ring (bicyclic) bond motifs is 1. The second kappa shape index (κ2) is 5.63. The average molecular weight is 274 g/mol. The van der Waals surface area contributed by atoms with Crippen LogP contribution in [0, 0.1) is 0 Å². The normalized spacial score (nSPS) is 20.3. The number of hydrogen-bond donors (Lipinski definition) is 0. The quantitative estimate of drug-likeness (QED) is 0.795. The number of aldehydes is 1. The van der Waals surface area contributed by atoms with E-state index in [0.717, 1.165) is 37.6 Å². The van der Waals surface area contributed by atoms with E-state index in [4.69, 9.17) is 4.42 Å². The second-order valence-electron chi connectivity index (χ2n) is 5.22. The van der Waals surface area contributed by atoms with Crippen LogP contribution < -0.4 is 5.76 Å². The first-order chi connectivity index (χ1) is 9.79. The third-order valence-corrected chi connectivity index (χ3v) is 4.01. The van der Waals surface area contributed by atoms with E-state index in [1.807, 2.05) is 18.2 Å². The number of rotatable bonds is 4. The molecule has 1 aliphatic heterocycles. The Morgan fingerprint density at radius 2 is 2.10 bits per heavy atom. The summed E-state index contributed by atoms with van der Waals surface area (Å²) < 4.78 is 6.86. The molecule has 0 saturated carbocycles. The Morgan fingerprint density at radius 1 is 1.25 bits per heavy atom. The van der Waals surface area contributed by atoms with Gasteiger partial charge in [0.25, 0.3) is 0 Å². The molecular weight excluding hydrogens is 256 g/mol. The topological polar surface area (TPSA) is 55.5 Å². The van der Waals surface area contributed by atoms with Crippen LogP contribution in [0.1, 0.15) is 19.3 Å². The number of nitrogens with zero attached hydrogens (tertiary/aromatic N) is 2. The maximum absolute atomic E-state index is 11.9. The molecule has 0 bridgehead atoms. The van der Waals surface area contributed by atoms with Crippen molar-refractivity contribution in [2.45, 2.75) is 31.8 Å². The zero-order valence-electron chi connectivity index (χ0n) is 11.3. The van der Waals surface area contributed by atoms with E-state index in [1.165, 1.54) is 0 Å². The van der Waals surface area contributed by atoms with Gasteiger partial charge in [0.1, 0.15) is 6.29 Å². The fraction of sp³-hybridized carbons (Fsp3) is 0.467. The fourth-order valence-electron chi connectivity index (χ4n) is 2.90. The molecule has 0 radical (unpaired) electrons. The number of aromatic nitrogens is 1. The van der Waals surface area contributed by atoms with E-state index >= 15 is 0 Å². The molecule has 0 N–H and O–H groups in total. The lowest BCUT2D eigenvalue weighted by molar-refractivity contribution is -0.113. The van der Waals surface area contributed by atoms with Crippen molar-refractivity contribution in [3.05, 3.63) is 34.8 Å². The lowest BCUT2D eigenvalue weighted by atomic mass is 10.0. The molecule has 5 heteroatoms. The van der Waals surface area contributed by atoms with Gasteiger partial charge in [-0.1, -0.05) is 18.6 Å². The lowest BCUT2D eigenvalue weighted by Crippen LogP contribution is -2.42. The summed E-state index contributed by atoms with van der Waals surface area (Å²) in [7, 11) is 0. The first kappa shape index (κ1) is 13.1. The number of benzene rings is 1. The molecule has 1 saturated heterocycles. The number of carbonyl (C=O) groups is 1. The SMILES string of the molecule is O=CC1CCCCN1CCn1c(=O)oc2ccccc21. The monoisotopic (exact) mass is 274 g/mol. The van der Waals surface area contributed by atoms with Crippen LogP contribution in [0.3, 0.4) is 0 Å². The van der Waals surface area contributed by atoms with Crippen molar-refractivity contribution in [3.63, 3.8) is 0 Å². The highest BCUT2D eigenvalue weighted by Gasteiger charge is 2.21. The van der Waals surface area contributed by atoms with E-state index < -0.39 is 0 Å². The Bertz CT molecular complexity index is 658. The van der Waals surface area contributed by atoms with Gasteiger partial charge in [0.2, 0.25) is 0 Å². The van der Waals surface area contributed by atoms with E-state index in [-0.39, 0.29) is 11.8 Å². The largest absolute Gasteiger partial charge is 0.419 e. The second-order valence-corrected chi connectivity index (χ2v) is 5.22. The number of para-hydroxylation sites is 2. The highest BCUT2D eigenvalue weighted by molar-refractivity contribution is 5.72. The summed E-state index contributed by atoms with van der Waals surface area (Å²) in [4.78, 5) is 25.1. The number of piperidine rings is 1. The Kier molecular flexibility index (Phi) is 3.69. The molecule has 2 aromatic rings. The van der Waals surface area contributed by atoms with E-state index in [9.17, 15) is 9.59 Å². The molecule has 2 heterocycles. The Balaban J connectivity index is 1.78. The van der Waals surface area contributed by atoms with Gasteiger partial charge >= 0.3 is 5.76 Å². The number of oxazole rings is 1. The van der Waals surface area contributed by atoms with Crippen LogP contribution in [0.5, 0.6) is 0 Å². The molecule has 1 aliphatic rings. The molecule has 1 aromatic heterocycles. The number of hydrogen-bond acceptors (Lipinski definition) is 4. The molecule has 1 atom stereocenters. The Morgan fingerprint density at radius 3 is 2.95 bits per heavy atom. The van der Waals surface area contributed by atoms with Gasteiger partial charge in [-0.3, -0.25) is 9.47 Å². The number of likely N-dealkylation sites (tertiary alicyclic amines) is 1. The third kappa shape index (κ3) is 2.41. The molecule has 20 heavy (non-hydrogen) atoms. The Hall–Kier alpha value is -1.88. The molecular formula is C15H18N2O3. The first-order valence-electron chi connectivity index (χ1n) is 7.07. The fourth-order valence-corrected chi connectivity index (χ4v) is 2.90. The minimum Gasteiger partial charge on any atom is -0.408 e. The minimum absolute atomic E-state index is 0.00221. The van der Waals surface area contributed by atoms with Crippen LogP contribution in [-0.4, -0.2) is 34.9 Å². The van der Waals surface area contributed by atoms with Crippen molar-refractivity contribution in [1.82, 2.24) is 9.47 Å². The first-order valence-corrected chi connectivity index (χ1v) is 7.07. The molecule has 5 nitrogen and oxygen atoms in total. The van der Waals surface area contributed by atoms with Crippen LogP contribution in [-0.2, 0) is 11.3 Å². The summed E-state index contributed by atoms with van der Waals surface area (Å²) in [5, 5.41) is 0. The van der Waals surface area contributed by atoms with Gasteiger partial charge in [-0.25, -0.2) is 4.79 Å². The predicted octanol–water partition coefficient (Wildman–Crippen LogP) is 1.65. The molecule has 3 rings (SSSR count). The summed E-state index contributed by atoms with van der Waals surface area (Å²) in [5.74, 6) is -0.328. The molecule has 1 unspecified atom stereocenters. The molecule has 0 aliphatic carbocycles. The van der Waals surface area contributed by atoms with Crippen molar-refractivity contribution in [1.29, 1.82) is 0 Å². The zero-order valence-corrected chi connectivity index (χ0v) is 11.3. The van der Waals surface area contributed by atoms with Crippen molar-refractivity contribution in [2.24, 2.45) is 0 Å². The maximum atomic E-state index is 11.9. The maximum Gasteiger partial charge on any atom is 0.419 e. The van der Waals surface area contributed by atoms with Gasteiger partial charge in [-0.15, -0.1) is 0 Å². The van der Waals surface area contributed by atoms with Crippen LogP contribution in [0.25, 0.3) is 11.1 Å². The predicted molar refractivity (Wildman–Crippen MR) is 75.8 cm³/mol. The average Bonchev–Trinajstić information content (AvgIpc) is 2.81. The van der Waals surface area contributed by atoms with E-state index in [1.54, 1.807) is 10.6 Å². The minimum atomic E-state index is -0.328. The summed E-state index contributed by atoms with van der Waals surface area (Å²) in [5.41, 5.74) is 1.43. The van der Waals surface area contributed by atoms with Crippen molar-refractivity contribution < 1.29 is 9.21 Å². The van der Waals surface area contributed by atoms with Crippen molar-refractivity contribution in [2.75, 3.05) is 13.1 Å². The summed E-state index contributed by atoms with van der Waals surface area (Å²) in [6.07, 6.45) is 4.17. The van der Waals surface area contributed by atoms with Crippen LogP contribution in [0.2, 0.25) is 0 Å². The zero-order chi connectivity index (χ0) is 13.9. The van der Waals surface area contributed by atoms with Crippen LogP contribution in [0.4, 0.5) is 0 Å². The molecule has 1 fully saturated rings. The highest BCUT2D eigenvalue weighted by Crippen LogP contribution is 2.16. The van der Waals surface area contributed by atoms with Crippen LogP contribution >= 0.6 is 0 Å². The van der Waals surface area contributed by atoms with Crippen molar-refractivity contribution >= 4 is 17.4 Å². The Labute approximate surface area is 116 Å². The molecule has 1 aromatic carbocycles. The van der Waals surface area contributed by atoms with E-state index in [0.29, 0.717) is 18.7 Å². The van der Waals surface area contributed by atoms with Gasteiger partial charge in [-0.05, 0) is 31.5 Å². The van der Waals surface area contributed by atoms with Gasteiger partial charge < -0.3 is 9.21 Å². The van der Waals surface area contributed by atoms with Gasteiger partial charge in [0.15, 0.2) is 5.58 Å². The smallest absolute Gasteiger partial charge is 0.408 e. The van der Waals surface area contributed by atoms with Crippen molar-refractivity contribution in [3.8, 4) is 0 Å². The standard InChI is InChI=1S/C15H18N2O3/c18-11-12-5-3-4-8-16(12)9-10-17-13-6-1-2-7-14(13)20-15(17)19/h1-2,6-7,11-12H,3-5,8-10H2. The molecule has 106 valence electrons. The summed E-state index contributed by atoms with van der Waals surface area (Å²) >= 11 is 0. The summed E-state index contributed by atoms with van der Waals surface area (Å²) in [6.45, 7) is 2.18. The van der Waals surface area contributed by atoms with Gasteiger partial charge in [0, 0.05) is 13.1 Å². The lowest BCUT2D eigenvalue weighted by Gasteiger charge is -2.32. The third-order valence-electron chi connectivity index (χ3n) is 4.01. The van der Waals surface area contributed by atoms with E-state index in [2.05, 4.69) is 4.90 Å². The number of carbonyl (C=O) groups excluding carboxylic acids is 1. The molecule has 0 amide bonds. The summed E-state index contributed by atoms with van der Waals surface area (Å²) in [6, 6.07) is 7.42.